The van der Waals surface area contributed by atoms with E-state index in [0.29, 0.717) is 40.5 Å². The van der Waals surface area contributed by atoms with Gasteiger partial charge in [-0.1, -0.05) is 18.2 Å². The molecule has 1 amide bonds. The molecule has 1 N–H and O–H groups in total. The molecule has 1 aromatic heterocycles. The van der Waals surface area contributed by atoms with Gasteiger partial charge in [-0.05, 0) is 25.1 Å². The molecule has 0 aliphatic carbocycles. The average molecular weight is 397 g/mol. The third-order valence-corrected chi connectivity index (χ3v) is 4.42. The van der Waals surface area contributed by atoms with E-state index in [1.54, 1.807) is 31.2 Å². The zero-order valence-corrected chi connectivity index (χ0v) is 16.6. The summed E-state index contributed by atoms with van der Waals surface area (Å²) in [4.78, 5) is 29.4. The van der Waals surface area contributed by atoms with E-state index in [2.05, 4.69) is 10.3 Å². The number of carbonyl (C=O) groups excluding carboxylic acids is 1. The lowest BCUT2D eigenvalue weighted by Gasteiger charge is -2.13. The summed E-state index contributed by atoms with van der Waals surface area (Å²) in [6.07, 6.45) is 0. The highest BCUT2D eigenvalue weighted by Crippen LogP contribution is 2.30. The summed E-state index contributed by atoms with van der Waals surface area (Å²) in [7, 11) is 3.04. The van der Waals surface area contributed by atoms with Gasteiger partial charge in [0.1, 0.15) is 11.6 Å². The lowest BCUT2D eigenvalue weighted by atomic mass is 10.2. The quantitative estimate of drug-likeness (QED) is 0.624. The number of nitrogens with one attached hydrogen (secondary N) is 1. The number of ether oxygens (including phenoxy) is 3. The van der Waals surface area contributed by atoms with Gasteiger partial charge in [-0.2, -0.15) is 0 Å². The number of methoxy groups -OCH3 is 2. The van der Waals surface area contributed by atoms with Crippen molar-refractivity contribution in [3.05, 3.63) is 58.6 Å². The molecule has 1 heterocycles. The van der Waals surface area contributed by atoms with Crippen molar-refractivity contribution in [1.82, 2.24) is 14.9 Å². The molecule has 0 atom stereocenters. The Kier molecular flexibility index (Phi) is 6.33. The summed E-state index contributed by atoms with van der Waals surface area (Å²) in [6.45, 7) is 2.22. The molecule has 3 aromatic rings. The molecule has 0 saturated heterocycles. The largest absolute Gasteiger partial charge is 0.493 e. The lowest BCUT2D eigenvalue weighted by Crippen LogP contribution is -2.34. The van der Waals surface area contributed by atoms with E-state index in [1.165, 1.54) is 18.8 Å². The number of fused-ring (bicyclic) bond motifs is 1. The molecule has 0 aliphatic heterocycles. The zero-order valence-electron chi connectivity index (χ0n) is 16.6. The number of aryl methyl sites for hydroxylation is 1. The third kappa shape index (κ3) is 4.66. The predicted molar refractivity (Wildman–Crippen MR) is 109 cm³/mol. The Bertz CT molecular complexity index is 1060. The van der Waals surface area contributed by atoms with Crippen LogP contribution in [0.1, 0.15) is 5.82 Å². The molecule has 2 aromatic carbocycles. The van der Waals surface area contributed by atoms with Crippen LogP contribution >= 0.6 is 0 Å². The molecular weight excluding hydrogens is 374 g/mol. The highest BCUT2D eigenvalue weighted by molar-refractivity contribution is 5.82. The maximum Gasteiger partial charge on any atom is 0.261 e. The van der Waals surface area contributed by atoms with Gasteiger partial charge in [0.2, 0.25) is 0 Å². The smallest absolute Gasteiger partial charge is 0.261 e. The number of carbonyl (C=O) groups is 1. The van der Waals surface area contributed by atoms with Gasteiger partial charge in [0.25, 0.3) is 11.5 Å². The summed E-state index contributed by atoms with van der Waals surface area (Å²) in [5.41, 5.74) is 0.324. The Morgan fingerprint density at radius 3 is 2.48 bits per heavy atom. The first-order chi connectivity index (χ1) is 14.0. The SMILES string of the molecule is COc1cc2nc(C)n(CCNC(=O)COc3ccccc3)c(=O)c2cc1OC. The minimum absolute atomic E-state index is 0.0924. The molecule has 8 heteroatoms. The van der Waals surface area contributed by atoms with Gasteiger partial charge in [-0.15, -0.1) is 0 Å². The second-order valence-corrected chi connectivity index (χ2v) is 6.29. The Labute approximate surface area is 168 Å². The maximum atomic E-state index is 12.9. The monoisotopic (exact) mass is 397 g/mol. The predicted octanol–water partition coefficient (Wildman–Crippen LogP) is 1.92. The summed E-state index contributed by atoms with van der Waals surface area (Å²) >= 11 is 0. The van der Waals surface area contributed by atoms with Gasteiger partial charge < -0.3 is 19.5 Å². The summed E-state index contributed by atoms with van der Waals surface area (Å²) < 4.78 is 17.5. The molecule has 0 fully saturated rings. The second-order valence-electron chi connectivity index (χ2n) is 6.29. The lowest BCUT2D eigenvalue weighted by molar-refractivity contribution is -0.123. The zero-order chi connectivity index (χ0) is 20.8. The van der Waals surface area contributed by atoms with Crippen LogP contribution in [0.15, 0.2) is 47.3 Å². The van der Waals surface area contributed by atoms with Crippen molar-refractivity contribution in [2.45, 2.75) is 13.5 Å². The van der Waals surface area contributed by atoms with Crippen molar-refractivity contribution in [2.75, 3.05) is 27.4 Å². The minimum atomic E-state index is -0.264. The molecule has 3 rings (SSSR count). The Balaban J connectivity index is 1.68. The molecule has 29 heavy (non-hydrogen) atoms. The van der Waals surface area contributed by atoms with E-state index < -0.39 is 0 Å². The number of hydrogen-bond donors (Lipinski definition) is 1. The number of hydrogen-bond acceptors (Lipinski definition) is 6. The number of rotatable bonds is 8. The number of para-hydroxylation sites is 1. The van der Waals surface area contributed by atoms with Gasteiger partial charge in [-0.3, -0.25) is 14.2 Å². The van der Waals surface area contributed by atoms with E-state index in [9.17, 15) is 9.59 Å². The van der Waals surface area contributed by atoms with Crippen LogP contribution < -0.4 is 25.1 Å². The molecule has 0 unspecified atom stereocenters. The Morgan fingerprint density at radius 1 is 1.10 bits per heavy atom. The van der Waals surface area contributed by atoms with Crippen molar-refractivity contribution in [3.63, 3.8) is 0 Å². The first kappa shape index (κ1) is 20.2. The van der Waals surface area contributed by atoms with Crippen LogP contribution in [0.4, 0.5) is 0 Å². The molecule has 0 bridgehead atoms. The molecule has 0 radical (unpaired) electrons. The molecule has 0 spiro atoms. The van der Waals surface area contributed by atoms with E-state index in [1.807, 2.05) is 18.2 Å². The van der Waals surface area contributed by atoms with Gasteiger partial charge >= 0.3 is 0 Å². The standard InChI is InChI=1S/C21H23N3O5/c1-14-23-17-12-19(28-3)18(27-2)11-16(17)21(26)24(14)10-9-22-20(25)13-29-15-7-5-4-6-8-15/h4-8,11-12H,9-10,13H2,1-3H3,(H,22,25). The summed E-state index contributed by atoms with van der Waals surface area (Å²) in [6, 6.07) is 12.4. The van der Waals surface area contributed by atoms with Crippen LogP contribution in [0, 0.1) is 6.92 Å². The summed E-state index contributed by atoms with van der Waals surface area (Å²) in [5, 5.41) is 3.17. The van der Waals surface area contributed by atoms with Crippen molar-refractivity contribution >= 4 is 16.8 Å². The van der Waals surface area contributed by atoms with Crippen LogP contribution in [-0.2, 0) is 11.3 Å². The first-order valence-corrected chi connectivity index (χ1v) is 9.11. The summed E-state index contributed by atoms with van der Waals surface area (Å²) in [5.74, 6) is 1.87. The van der Waals surface area contributed by atoms with E-state index in [0.717, 1.165) is 0 Å². The topological polar surface area (TPSA) is 91.7 Å². The van der Waals surface area contributed by atoms with Gasteiger partial charge in [0.05, 0.1) is 25.1 Å². The van der Waals surface area contributed by atoms with Crippen molar-refractivity contribution in [3.8, 4) is 17.2 Å². The van der Waals surface area contributed by atoms with Crippen molar-refractivity contribution in [1.29, 1.82) is 0 Å². The second kappa shape index (κ2) is 9.09. The van der Waals surface area contributed by atoms with Gasteiger partial charge in [0, 0.05) is 19.2 Å². The van der Waals surface area contributed by atoms with Crippen LogP contribution in [0.25, 0.3) is 10.9 Å². The molecule has 152 valence electrons. The van der Waals surface area contributed by atoms with Crippen molar-refractivity contribution in [2.24, 2.45) is 0 Å². The number of aromatic nitrogens is 2. The minimum Gasteiger partial charge on any atom is -0.493 e. The normalized spacial score (nSPS) is 10.6. The van der Waals surface area contributed by atoms with E-state index in [4.69, 9.17) is 14.2 Å². The fourth-order valence-electron chi connectivity index (χ4n) is 2.95. The van der Waals surface area contributed by atoms with Crippen LogP contribution in [0.2, 0.25) is 0 Å². The molecule has 0 saturated carbocycles. The fraction of sp³-hybridized carbons (Fsp3) is 0.286. The Hall–Kier alpha value is -3.55. The fourth-order valence-corrected chi connectivity index (χ4v) is 2.95. The molecular formula is C21H23N3O5. The molecule has 0 aliphatic rings. The molecule has 8 nitrogen and oxygen atoms in total. The first-order valence-electron chi connectivity index (χ1n) is 9.11. The number of benzene rings is 2. The van der Waals surface area contributed by atoms with Gasteiger partial charge in [-0.25, -0.2) is 4.98 Å². The highest BCUT2D eigenvalue weighted by atomic mass is 16.5. The van der Waals surface area contributed by atoms with Crippen LogP contribution in [0.5, 0.6) is 17.2 Å². The van der Waals surface area contributed by atoms with Crippen molar-refractivity contribution < 1.29 is 19.0 Å². The van der Waals surface area contributed by atoms with E-state index in [-0.39, 0.29) is 24.6 Å². The number of amides is 1. The van der Waals surface area contributed by atoms with Crippen LogP contribution in [-0.4, -0.2) is 42.8 Å². The van der Waals surface area contributed by atoms with Crippen LogP contribution in [0.3, 0.4) is 0 Å². The number of nitrogens with zero attached hydrogens (tertiary/aromatic N) is 2. The van der Waals surface area contributed by atoms with E-state index >= 15 is 0 Å². The highest BCUT2D eigenvalue weighted by Gasteiger charge is 2.13. The average Bonchev–Trinajstić information content (AvgIpc) is 2.74. The maximum absolute atomic E-state index is 12.9. The van der Waals surface area contributed by atoms with Gasteiger partial charge in [0.15, 0.2) is 18.1 Å². The Morgan fingerprint density at radius 2 is 1.79 bits per heavy atom. The third-order valence-electron chi connectivity index (χ3n) is 4.42.